The highest BCUT2D eigenvalue weighted by Crippen LogP contribution is 2.24. The molecule has 2 heterocycles. The van der Waals surface area contributed by atoms with E-state index in [4.69, 9.17) is 5.73 Å². The third-order valence-corrected chi connectivity index (χ3v) is 3.81. The molecule has 0 saturated carbocycles. The molecule has 2 rings (SSSR count). The Balaban J connectivity index is 2.05. The van der Waals surface area contributed by atoms with Gasteiger partial charge in [-0.1, -0.05) is 13.3 Å². The molecule has 3 nitrogen and oxygen atoms in total. The Morgan fingerprint density at radius 3 is 2.76 bits per heavy atom. The number of nitrogens with two attached hydrogens (primary N) is 1. The molecule has 1 aliphatic rings. The van der Waals surface area contributed by atoms with Crippen molar-refractivity contribution in [3.63, 3.8) is 0 Å². The molecule has 0 unspecified atom stereocenters. The SMILES string of the molecule is CCC1CCN(c2cc([C@H](C)N)ccn2)CC1. The van der Waals surface area contributed by atoms with Crippen LogP contribution in [-0.4, -0.2) is 18.1 Å². The third-order valence-electron chi connectivity index (χ3n) is 3.81. The van der Waals surface area contributed by atoms with E-state index in [2.05, 4.69) is 22.9 Å². The molecule has 1 aliphatic heterocycles. The van der Waals surface area contributed by atoms with Gasteiger partial charge in [0.2, 0.25) is 0 Å². The summed E-state index contributed by atoms with van der Waals surface area (Å²) in [6.07, 6.45) is 5.77. The second-order valence-corrected chi connectivity index (χ2v) is 5.07. The minimum atomic E-state index is 0.0879. The molecule has 17 heavy (non-hydrogen) atoms. The van der Waals surface area contributed by atoms with Crippen molar-refractivity contribution in [3.8, 4) is 0 Å². The summed E-state index contributed by atoms with van der Waals surface area (Å²) in [4.78, 5) is 6.85. The first kappa shape index (κ1) is 12.4. The molecule has 0 bridgehead atoms. The van der Waals surface area contributed by atoms with E-state index in [1.165, 1.54) is 24.8 Å². The van der Waals surface area contributed by atoms with E-state index in [0.29, 0.717) is 0 Å². The van der Waals surface area contributed by atoms with Crippen molar-refractivity contribution in [1.82, 2.24) is 4.98 Å². The van der Waals surface area contributed by atoms with Crippen LogP contribution >= 0.6 is 0 Å². The predicted molar refractivity (Wildman–Crippen MR) is 72.1 cm³/mol. The van der Waals surface area contributed by atoms with Gasteiger partial charge in [0.05, 0.1) is 0 Å². The van der Waals surface area contributed by atoms with E-state index in [9.17, 15) is 0 Å². The fourth-order valence-corrected chi connectivity index (χ4v) is 2.46. The largest absolute Gasteiger partial charge is 0.357 e. The van der Waals surface area contributed by atoms with Crippen molar-refractivity contribution in [2.75, 3.05) is 18.0 Å². The van der Waals surface area contributed by atoms with Crippen LogP contribution < -0.4 is 10.6 Å². The van der Waals surface area contributed by atoms with Crippen molar-refractivity contribution in [3.05, 3.63) is 23.9 Å². The number of anilines is 1. The maximum atomic E-state index is 5.91. The molecule has 0 spiro atoms. The Kier molecular flexibility index (Phi) is 4.00. The molecule has 3 heteroatoms. The fourth-order valence-electron chi connectivity index (χ4n) is 2.46. The van der Waals surface area contributed by atoms with Gasteiger partial charge in [0.25, 0.3) is 0 Å². The van der Waals surface area contributed by atoms with Crippen LogP contribution in [0.5, 0.6) is 0 Å². The zero-order valence-corrected chi connectivity index (χ0v) is 10.9. The molecule has 0 amide bonds. The van der Waals surface area contributed by atoms with E-state index in [1.54, 1.807) is 0 Å². The Hall–Kier alpha value is -1.09. The third kappa shape index (κ3) is 2.97. The first-order chi connectivity index (χ1) is 8.20. The lowest BCUT2D eigenvalue weighted by Crippen LogP contribution is -2.34. The van der Waals surface area contributed by atoms with Crippen molar-refractivity contribution in [2.45, 2.75) is 39.2 Å². The summed E-state index contributed by atoms with van der Waals surface area (Å²) >= 11 is 0. The number of hydrogen-bond donors (Lipinski definition) is 1. The van der Waals surface area contributed by atoms with Gasteiger partial charge in [-0.25, -0.2) is 4.98 Å². The van der Waals surface area contributed by atoms with Crippen LogP contribution in [0.3, 0.4) is 0 Å². The lowest BCUT2D eigenvalue weighted by atomic mass is 9.94. The summed E-state index contributed by atoms with van der Waals surface area (Å²) in [6, 6.07) is 4.23. The fraction of sp³-hybridized carbons (Fsp3) is 0.643. The average molecular weight is 233 g/mol. The topological polar surface area (TPSA) is 42.1 Å². The van der Waals surface area contributed by atoms with E-state index in [-0.39, 0.29) is 6.04 Å². The quantitative estimate of drug-likeness (QED) is 0.873. The molecule has 2 N–H and O–H groups in total. The van der Waals surface area contributed by atoms with Crippen LogP contribution in [0.1, 0.15) is 44.7 Å². The van der Waals surface area contributed by atoms with Gasteiger partial charge in [0, 0.05) is 25.3 Å². The second-order valence-electron chi connectivity index (χ2n) is 5.07. The van der Waals surface area contributed by atoms with Gasteiger partial charge in [0.1, 0.15) is 5.82 Å². The summed E-state index contributed by atoms with van der Waals surface area (Å²) in [5, 5.41) is 0. The summed E-state index contributed by atoms with van der Waals surface area (Å²) in [5.41, 5.74) is 7.08. The van der Waals surface area contributed by atoms with E-state index < -0.39 is 0 Å². The Morgan fingerprint density at radius 1 is 1.47 bits per heavy atom. The highest BCUT2D eigenvalue weighted by Gasteiger charge is 2.18. The highest BCUT2D eigenvalue weighted by atomic mass is 15.2. The summed E-state index contributed by atoms with van der Waals surface area (Å²) in [6.45, 7) is 6.57. The summed E-state index contributed by atoms with van der Waals surface area (Å²) in [5.74, 6) is 2.00. The van der Waals surface area contributed by atoms with Crippen molar-refractivity contribution in [2.24, 2.45) is 11.7 Å². The van der Waals surface area contributed by atoms with Gasteiger partial charge in [0.15, 0.2) is 0 Å². The molecular weight excluding hydrogens is 210 g/mol. The number of piperidine rings is 1. The first-order valence-electron chi connectivity index (χ1n) is 6.67. The maximum absolute atomic E-state index is 5.91. The van der Waals surface area contributed by atoms with E-state index in [0.717, 1.165) is 24.8 Å². The van der Waals surface area contributed by atoms with Crippen LogP contribution in [0.2, 0.25) is 0 Å². The van der Waals surface area contributed by atoms with Gasteiger partial charge in [-0.15, -0.1) is 0 Å². The maximum Gasteiger partial charge on any atom is 0.128 e. The monoisotopic (exact) mass is 233 g/mol. The number of aromatic nitrogens is 1. The van der Waals surface area contributed by atoms with Crippen molar-refractivity contribution >= 4 is 5.82 Å². The summed E-state index contributed by atoms with van der Waals surface area (Å²) < 4.78 is 0. The Labute approximate surface area is 104 Å². The standard InChI is InChI=1S/C14H23N3/c1-3-12-5-8-17(9-6-12)14-10-13(11(2)15)4-7-16-14/h4,7,10-12H,3,5-6,8-9,15H2,1-2H3/t11-/m0/s1. The minimum absolute atomic E-state index is 0.0879. The van der Waals surface area contributed by atoms with Crippen LogP contribution in [0, 0.1) is 5.92 Å². The minimum Gasteiger partial charge on any atom is -0.357 e. The van der Waals surface area contributed by atoms with Gasteiger partial charge in [-0.05, 0) is 43.4 Å². The average Bonchev–Trinajstić information content (AvgIpc) is 2.39. The zero-order chi connectivity index (χ0) is 12.3. The lowest BCUT2D eigenvalue weighted by Gasteiger charge is -2.32. The highest BCUT2D eigenvalue weighted by molar-refractivity contribution is 5.42. The molecule has 0 aliphatic carbocycles. The Bertz CT molecular complexity index is 354. The number of pyridine rings is 1. The normalized spacial score (nSPS) is 19.4. The molecule has 1 aromatic rings. The molecule has 94 valence electrons. The predicted octanol–water partition coefficient (Wildman–Crippen LogP) is 2.73. The van der Waals surface area contributed by atoms with Crippen LogP contribution in [0.25, 0.3) is 0 Å². The van der Waals surface area contributed by atoms with E-state index >= 15 is 0 Å². The molecule has 1 fully saturated rings. The molecule has 1 saturated heterocycles. The zero-order valence-electron chi connectivity index (χ0n) is 10.9. The van der Waals surface area contributed by atoms with Gasteiger partial charge >= 0.3 is 0 Å². The van der Waals surface area contributed by atoms with Crippen LogP contribution in [-0.2, 0) is 0 Å². The molecule has 0 aromatic carbocycles. The molecule has 1 aromatic heterocycles. The van der Waals surface area contributed by atoms with E-state index in [1.807, 2.05) is 19.2 Å². The number of rotatable bonds is 3. The molecule has 1 atom stereocenters. The van der Waals surface area contributed by atoms with Crippen molar-refractivity contribution in [1.29, 1.82) is 0 Å². The lowest BCUT2D eigenvalue weighted by molar-refractivity contribution is 0.393. The van der Waals surface area contributed by atoms with Gasteiger partial charge in [-0.2, -0.15) is 0 Å². The summed E-state index contributed by atoms with van der Waals surface area (Å²) in [7, 11) is 0. The molecule has 0 radical (unpaired) electrons. The van der Waals surface area contributed by atoms with Gasteiger partial charge in [-0.3, -0.25) is 0 Å². The van der Waals surface area contributed by atoms with Crippen LogP contribution in [0.15, 0.2) is 18.3 Å². The smallest absolute Gasteiger partial charge is 0.128 e. The first-order valence-corrected chi connectivity index (χ1v) is 6.67. The van der Waals surface area contributed by atoms with Gasteiger partial charge < -0.3 is 10.6 Å². The number of nitrogens with zero attached hydrogens (tertiary/aromatic N) is 2. The van der Waals surface area contributed by atoms with Crippen molar-refractivity contribution < 1.29 is 0 Å². The Morgan fingerprint density at radius 2 is 2.18 bits per heavy atom. The second kappa shape index (κ2) is 5.50. The number of hydrogen-bond acceptors (Lipinski definition) is 3. The molecular formula is C14H23N3. The van der Waals surface area contributed by atoms with Crippen LogP contribution in [0.4, 0.5) is 5.82 Å².